The van der Waals surface area contributed by atoms with Gasteiger partial charge in [0.1, 0.15) is 0 Å². The van der Waals surface area contributed by atoms with Gasteiger partial charge in [-0.15, -0.1) is 0 Å². The van der Waals surface area contributed by atoms with Gasteiger partial charge in [-0.25, -0.2) is 0 Å². The molecule has 0 bridgehead atoms. The highest BCUT2D eigenvalue weighted by Crippen LogP contribution is 2.50. The number of esters is 1. The molecule has 2 fully saturated rings. The number of likely N-dealkylation sites (tertiary alicyclic amines) is 1. The molecule has 1 saturated carbocycles. The lowest BCUT2D eigenvalue weighted by atomic mass is 9.66. The number of amides is 1. The van der Waals surface area contributed by atoms with E-state index in [-0.39, 0.29) is 29.9 Å². The van der Waals surface area contributed by atoms with Gasteiger partial charge < -0.3 is 9.64 Å². The van der Waals surface area contributed by atoms with Crippen LogP contribution in [0, 0.1) is 5.92 Å². The number of carbonyl (C=O) groups excluding carboxylic acids is 2. The zero-order valence-electron chi connectivity index (χ0n) is 14.9. The van der Waals surface area contributed by atoms with Crippen LogP contribution >= 0.6 is 0 Å². The molecule has 0 unspecified atom stereocenters. The number of carbonyl (C=O) groups is 2. The molecule has 0 atom stereocenters. The molecule has 0 N–H and O–H groups in total. The zero-order valence-corrected chi connectivity index (χ0v) is 14.9. The second-order valence-corrected chi connectivity index (χ2v) is 6.88. The third kappa shape index (κ3) is 3.53. The van der Waals surface area contributed by atoms with Crippen molar-refractivity contribution in [3.8, 4) is 0 Å². The Morgan fingerprint density at radius 2 is 2.07 bits per heavy atom. The van der Waals surface area contributed by atoms with Gasteiger partial charge in [0.05, 0.1) is 19.6 Å². The van der Waals surface area contributed by atoms with Crippen LogP contribution in [-0.4, -0.2) is 36.0 Å². The van der Waals surface area contributed by atoms with Crippen LogP contribution in [-0.2, 0) is 16.1 Å². The second-order valence-electron chi connectivity index (χ2n) is 6.88. The van der Waals surface area contributed by atoms with Crippen molar-refractivity contribution in [1.82, 2.24) is 4.90 Å². The monoisotopic (exact) mass is 369 g/mol. The molecule has 2 aliphatic rings. The molecule has 1 aliphatic carbocycles. The lowest BCUT2D eigenvalue weighted by molar-refractivity contribution is -0.153. The molecular formula is C17H19N7O3. The van der Waals surface area contributed by atoms with Gasteiger partial charge in [-0.1, -0.05) is 10.2 Å². The minimum Gasteiger partial charge on any atom is -0.469 e. The minimum atomic E-state index is -0.310. The highest BCUT2D eigenvalue weighted by molar-refractivity contribution is 5.96. The molecule has 1 aliphatic heterocycles. The molecule has 1 aromatic carbocycles. The number of azide groups is 2. The van der Waals surface area contributed by atoms with Gasteiger partial charge in [-0.3, -0.25) is 9.59 Å². The molecule has 10 heteroatoms. The fraction of sp³-hybridized carbons (Fsp3) is 0.529. The topological polar surface area (TPSA) is 144 Å². The summed E-state index contributed by atoms with van der Waals surface area (Å²) in [5.74, 6) is -0.576. The predicted molar refractivity (Wildman–Crippen MR) is 95.8 cm³/mol. The Labute approximate surface area is 155 Å². The average Bonchev–Trinajstić information content (AvgIpc) is 3.09. The quantitative estimate of drug-likeness (QED) is 0.335. The van der Waals surface area contributed by atoms with E-state index in [0.29, 0.717) is 36.2 Å². The van der Waals surface area contributed by atoms with E-state index in [0.717, 1.165) is 12.8 Å². The molecule has 1 spiro atoms. The maximum atomic E-state index is 13.2. The number of benzene rings is 1. The van der Waals surface area contributed by atoms with E-state index in [4.69, 9.17) is 15.8 Å². The van der Waals surface area contributed by atoms with Crippen LogP contribution in [0.1, 0.15) is 41.6 Å². The summed E-state index contributed by atoms with van der Waals surface area (Å²) in [7, 11) is 1.37. The van der Waals surface area contributed by atoms with Crippen molar-refractivity contribution in [2.75, 3.05) is 13.7 Å². The standard InChI is InChI=1S/C17H19N7O3/c1-27-16(26)13-8-17(9-13)3-2-4-24(17)15(25)12-5-11(10-20-22-18)6-14(7-12)21-23-19/h5-7,13H,2-4,8-10H2,1H3. The molecular weight excluding hydrogens is 350 g/mol. The Balaban J connectivity index is 1.86. The summed E-state index contributed by atoms with van der Waals surface area (Å²) in [6.45, 7) is 0.672. The number of hydrogen-bond donors (Lipinski definition) is 0. The van der Waals surface area contributed by atoms with Crippen molar-refractivity contribution < 1.29 is 14.3 Å². The van der Waals surface area contributed by atoms with Crippen LogP contribution in [0.15, 0.2) is 28.4 Å². The molecule has 140 valence electrons. The molecule has 10 nitrogen and oxygen atoms in total. The first-order chi connectivity index (χ1) is 13.0. The summed E-state index contributed by atoms with van der Waals surface area (Å²) < 4.78 is 4.80. The summed E-state index contributed by atoms with van der Waals surface area (Å²) in [5.41, 5.74) is 18.2. The first kappa shape index (κ1) is 18.6. The molecule has 0 radical (unpaired) electrons. The molecule has 1 amide bonds. The van der Waals surface area contributed by atoms with Crippen LogP contribution in [0.3, 0.4) is 0 Å². The summed E-state index contributed by atoms with van der Waals surface area (Å²) in [5, 5.41) is 7.08. The fourth-order valence-electron chi connectivity index (χ4n) is 4.14. The Kier molecular flexibility index (Phi) is 5.21. The normalized spacial score (nSPS) is 23.1. The van der Waals surface area contributed by atoms with Crippen LogP contribution in [0.4, 0.5) is 5.69 Å². The van der Waals surface area contributed by atoms with E-state index in [2.05, 4.69) is 20.1 Å². The fourth-order valence-corrected chi connectivity index (χ4v) is 4.14. The highest BCUT2D eigenvalue weighted by atomic mass is 16.5. The third-order valence-electron chi connectivity index (χ3n) is 5.33. The van der Waals surface area contributed by atoms with Crippen molar-refractivity contribution in [2.45, 2.75) is 37.8 Å². The van der Waals surface area contributed by atoms with E-state index < -0.39 is 0 Å². The van der Waals surface area contributed by atoms with Crippen molar-refractivity contribution in [3.05, 3.63) is 50.2 Å². The van der Waals surface area contributed by atoms with E-state index in [1.807, 2.05) is 4.90 Å². The molecule has 0 aromatic heterocycles. The van der Waals surface area contributed by atoms with Gasteiger partial charge >= 0.3 is 5.97 Å². The van der Waals surface area contributed by atoms with Gasteiger partial charge in [-0.05, 0) is 60.5 Å². The zero-order chi connectivity index (χ0) is 19.4. The van der Waals surface area contributed by atoms with E-state index in [1.54, 1.807) is 12.1 Å². The van der Waals surface area contributed by atoms with Crippen molar-refractivity contribution in [2.24, 2.45) is 16.1 Å². The Bertz CT molecular complexity index is 865. The summed E-state index contributed by atoms with van der Waals surface area (Å²) >= 11 is 0. The Morgan fingerprint density at radius 1 is 1.30 bits per heavy atom. The first-order valence-electron chi connectivity index (χ1n) is 8.63. The SMILES string of the molecule is COC(=O)C1CC2(CCCN2C(=O)c2cc(CN=[N+]=[N-])cc(N=[N+]=[N-])c2)C1. The Morgan fingerprint density at radius 3 is 2.74 bits per heavy atom. The lowest BCUT2D eigenvalue weighted by Crippen LogP contribution is -2.57. The lowest BCUT2D eigenvalue weighted by Gasteiger charge is -2.49. The van der Waals surface area contributed by atoms with Gasteiger partial charge in [0.25, 0.3) is 5.91 Å². The summed E-state index contributed by atoms with van der Waals surface area (Å²) in [6.07, 6.45) is 2.94. The van der Waals surface area contributed by atoms with Crippen molar-refractivity contribution >= 4 is 17.6 Å². The third-order valence-corrected chi connectivity index (χ3v) is 5.33. The van der Waals surface area contributed by atoms with Gasteiger partial charge in [-0.2, -0.15) is 0 Å². The van der Waals surface area contributed by atoms with Gasteiger partial charge in [0, 0.05) is 33.2 Å². The molecule has 3 rings (SSSR count). The highest BCUT2D eigenvalue weighted by Gasteiger charge is 2.55. The van der Waals surface area contributed by atoms with Crippen LogP contribution in [0.25, 0.3) is 20.9 Å². The number of ether oxygens (including phenoxy) is 1. The molecule has 1 heterocycles. The van der Waals surface area contributed by atoms with Crippen LogP contribution in [0.2, 0.25) is 0 Å². The summed E-state index contributed by atoms with van der Waals surface area (Å²) in [4.78, 5) is 32.2. The maximum Gasteiger partial charge on any atom is 0.308 e. The van der Waals surface area contributed by atoms with Gasteiger partial charge in [0.15, 0.2) is 0 Å². The molecule has 1 aromatic rings. The van der Waals surface area contributed by atoms with E-state index >= 15 is 0 Å². The number of nitrogens with zero attached hydrogens (tertiary/aromatic N) is 7. The number of hydrogen-bond acceptors (Lipinski definition) is 5. The average molecular weight is 369 g/mol. The first-order valence-corrected chi connectivity index (χ1v) is 8.63. The van der Waals surface area contributed by atoms with Crippen LogP contribution in [0.5, 0.6) is 0 Å². The number of methoxy groups -OCH3 is 1. The van der Waals surface area contributed by atoms with Gasteiger partial charge in [0.2, 0.25) is 0 Å². The van der Waals surface area contributed by atoms with Crippen molar-refractivity contribution in [3.63, 3.8) is 0 Å². The van der Waals surface area contributed by atoms with Crippen molar-refractivity contribution in [1.29, 1.82) is 0 Å². The van der Waals surface area contributed by atoms with E-state index in [9.17, 15) is 9.59 Å². The minimum absolute atomic E-state index is 0.0567. The van der Waals surface area contributed by atoms with E-state index in [1.165, 1.54) is 13.2 Å². The smallest absolute Gasteiger partial charge is 0.308 e. The predicted octanol–water partition coefficient (Wildman–Crippen LogP) is 4.00. The molecule has 27 heavy (non-hydrogen) atoms. The Hall–Kier alpha value is -3.22. The van der Waals surface area contributed by atoms with Crippen LogP contribution < -0.4 is 0 Å². The largest absolute Gasteiger partial charge is 0.469 e. The molecule has 1 saturated heterocycles. The number of rotatable bonds is 5. The second kappa shape index (κ2) is 7.57. The summed E-state index contributed by atoms with van der Waals surface area (Å²) in [6, 6.07) is 4.77. The maximum absolute atomic E-state index is 13.2.